The van der Waals surface area contributed by atoms with E-state index in [2.05, 4.69) is 93.5 Å². The number of aryl methyl sites for hydroxylation is 2. The minimum absolute atomic E-state index is 1.09. The zero-order chi connectivity index (χ0) is 33.3. The Hall–Kier alpha value is -0.403. The molecule has 2 rings (SSSR count). The van der Waals surface area contributed by atoms with Crippen LogP contribution in [0.3, 0.4) is 0 Å². The van der Waals surface area contributed by atoms with Crippen molar-refractivity contribution in [3.05, 3.63) is 57.6 Å². The quantitative estimate of drug-likeness (QED) is 0.0986. The molecule has 0 aromatic heterocycles. The van der Waals surface area contributed by atoms with Gasteiger partial charge in [0.15, 0.2) is 0 Å². The van der Waals surface area contributed by atoms with E-state index in [-0.39, 0.29) is 0 Å². The average molecular weight is 836 g/mol. The molecule has 0 fully saturated rings. The van der Waals surface area contributed by atoms with Crippen molar-refractivity contribution in [2.75, 3.05) is 0 Å². The van der Waals surface area contributed by atoms with Crippen LogP contribution in [0.15, 0.2) is 24.3 Å². The van der Waals surface area contributed by atoms with Gasteiger partial charge in [0, 0.05) is 0 Å². The molecule has 3 nitrogen and oxygen atoms in total. The van der Waals surface area contributed by atoms with E-state index in [4.69, 9.17) is 7.56 Å². The Labute approximate surface area is 289 Å². The van der Waals surface area contributed by atoms with Crippen molar-refractivity contribution in [1.82, 2.24) is 0 Å². The predicted octanol–water partition coefficient (Wildman–Crippen LogP) is 13.2. The van der Waals surface area contributed by atoms with Crippen molar-refractivity contribution < 1.29 is 7.56 Å². The van der Waals surface area contributed by atoms with Crippen molar-refractivity contribution in [3.63, 3.8) is 0 Å². The van der Waals surface area contributed by atoms with Crippen molar-refractivity contribution >= 4 is 38.4 Å². The average Bonchev–Trinajstić information content (AvgIpc) is 3.04. The second-order valence-electron chi connectivity index (χ2n) is 13.7. The normalized spacial score (nSPS) is 12.1. The summed E-state index contributed by atoms with van der Waals surface area (Å²) in [5.74, 6) is 2.18. The molecule has 256 valence electrons. The molecule has 0 saturated carbocycles. The van der Waals surface area contributed by atoms with Gasteiger partial charge in [0.25, 0.3) is 0 Å². The van der Waals surface area contributed by atoms with Gasteiger partial charge >= 0.3 is 292 Å². The van der Waals surface area contributed by atoms with Crippen LogP contribution in [0.25, 0.3) is 0 Å². The van der Waals surface area contributed by atoms with Crippen molar-refractivity contribution in [3.8, 4) is 11.5 Å². The SMILES string of the molecule is CCCCc1ccc([O][Sn]([CH2]CCC)([CH2]CCC)[O][Sn]([CH2]CCC)([CH2]CCC)[O]c2ccc(CCCC)c(C)c2C)c(C)c1C. The molecule has 0 spiro atoms. The van der Waals surface area contributed by atoms with E-state index in [1.165, 1.54) is 110 Å². The molecule has 0 bridgehead atoms. The van der Waals surface area contributed by atoms with Crippen LogP contribution >= 0.6 is 0 Å². The molecular weight excluding hydrogens is 766 g/mol. The van der Waals surface area contributed by atoms with Gasteiger partial charge in [-0.05, 0) is 0 Å². The molecule has 45 heavy (non-hydrogen) atoms. The van der Waals surface area contributed by atoms with Crippen LogP contribution in [-0.2, 0) is 14.3 Å². The Morgan fingerprint density at radius 2 is 0.733 bits per heavy atom. The molecule has 0 unspecified atom stereocenters. The summed E-state index contributed by atoms with van der Waals surface area (Å²) in [5.41, 5.74) is 8.40. The van der Waals surface area contributed by atoms with E-state index in [9.17, 15) is 0 Å². The fourth-order valence-electron chi connectivity index (χ4n) is 6.43. The Kier molecular flexibility index (Phi) is 19.5. The van der Waals surface area contributed by atoms with Crippen LogP contribution < -0.4 is 6.15 Å². The Balaban J connectivity index is 2.67. The van der Waals surface area contributed by atoms with Gasteiger partial charge in [-0.25, -0.2) is 0 Å². The maximum atomic E-state index is 8.00. The molecule has 0 N–H and O–H groups in total. The zero-order valence-electron chi connectivity index (χ0n) is 31.3. The van der Waals surface area contributed by atoms with E-state index < -0.39 is 38.4 Å². The van der Waals surface area contributed by atoms with Gasteiger partial charge in [-0.2, -0.15) is 0 Å². The number of rotatable bonds is 24. The van der Waals surface area contributed by atoms with Crippen LogP contribution in [-0.4, -0.2) is 38.4 Å². The second-order valence-corrected chi connectivity index (χ2v) is 35.5. The van der Waals surface area contributed by atoms with E-state index in [1.807, 2.05) is 0 Å². The summed E-state index contributed by atoms with van der Waals surface area (Å²) in [5, 5.41) is 0. The summed E-state index contributed by atoms with van der Waals surface area (Å²) in [6.07, 6.45) is 16.7. The first-order valence-electron chi connectivity index (χ1n) is 18.9. The number of unbranched alkanes of at least 4 members (excludes halogenated alkanes) is 6. The third-order valence-electron chi connectivity index (χ3n) is 9.91. The first kappa shape index (κ1) is 40.8. The third kappa shape index (κ3) is 12.5. The molecule has 0 heterocycles. The molecule has 0 aliphatic carbocycles. The van der Waals surface area contributed by atoms with E-state index in [1.54, 1.807) is 0 Å². The van der Waals surface area contributed by atoms with Crippen LogP contribution in [0.4, 0.5) is 0 Å². The van der Waals surface area contributed by atoms with E-state index >= 15 is 0 Å². The standard InChI is InChI=1S/2C12H18O.4C4H9.O.2Sn/c2*1-4-5-6-11-7-8-12(13)10(3)9(11)2;4*1-3-4-2;;;/h2*7-8,13H,4-6H2,1-3H3;4*1,3-4H2,2H3;;;/q;;;;;;;2*+1/p-2. The van der Waals surface area contributed by atoms with Crippen LogP contribution in [0.2, 0.25) is 17.7 Å². The number of benzene rings is 2. The Bertz CT molecular complexity index is 1030. The molecule has 2 aromatic rings. The molecule has 0 aliphatic rings. The number of hydrogen-bond donors (Lipinski definition) is 0. The van der Waals surface area contributed by atoms with Gasteiger partial charge in [0.05, 0.1) is 0 Å². The monoisotopic (exact) mass is 838 g/mol. The summed E-state index contributed by atoms with van der Waals surface area (Å²) in [4.78, 5) is 0. The molecule has 2 aromatic carbocycles. The fraction of sp³-hybridized carbons (Fsp3) is 0.700. The molecule has 5 heteroatoms. The fourth-order valence-corrected chi connectivity index (χ4v) is 48.5. The number of hydrogen-bond acceptors (Lipinski definition) is 3. The topological polar surface area (TPSA) is 27.7 Å². The van der Waals surface area contributed by atoms with Gasteiger partial charge in [0.1, 0.15) is 0 Å². The first-order valence-corrected chi connectivity index (χ1v) is 31.6. The van der Waals surface area contributed by atoms with Gasteiger partial charge in [-0.1, -0.05) is 0 Å². The van der Waals surface area contributed by atoms with Crippen molar-refractivity contribution in [1.29, 1.82) is 0 Å². The van der Waals surface area contributed by atoms with Crippen molar-refractivity contribution in [2.24, 2.45) is 0 Å². The van der Waals surface area contributed by atoms with E-state index in [0.717, 1.165) is 42.1 Å². The Morgan fingerprint density at radius 1 is 0.422 bits per heavy atom. The van der Waals surface area contributed by atoms with E-state index in [0.29, 0.717) is 0 Å². The summed E-state index contributed by atoms with van der Waals surface area (Å²) < 4.78 is 27.5. The summed E-state index contributed by atoms with van der Waals surface area (Å²) in [6, 6.07) is 9.27. The molecule has 0 amide bonds. The van der Waals surface area contributed by atoms with Crippen LogP contribution in [0.5, 0.6) is 11.5 Å². The molecule has 0 radical (unpaired) electrons. The first-order chi connectivity index (χ1) is 21.6. The molecular formula is C40H70O3Sn2. The van der Waals surface area contributed by atoms with Crippen LogP contribution in [0.1, 0.15) is 152 Å². The molecule has 0 saturated heterocycles. The van der Waals surface area contributed by atoms with Crippen LogP contribution in [0, 0.1) is 27.7 Å². The van der Waals surface area contributed by atoms with Gasteiger partial charge in [0.2, 0.25) is 0 Å². The minimum atomic E-state index is -3.68. The molecule has 0 aliphatic heterocycles. The Morgan fingerprint density at radius 3 is 1.02 bits per heavy atom. The third-order valence-corrected chi connectivity index (χ3v) is 42.4. The second kappa shape index (κ2) is 21.5. The van der Waals surface area contributed by atoms with Gasteiger partial charge < -0.3 is 0 Å². The van der Waals surface area contributed by atoms with Gasteiger partial charge in [-0.3, -0.25) is 0 Å². The molecule has 0 atom stereocenters. The zero-order valence-corrected chi connectivity index (χ0v) is 37.0. The maximum absolute atomic E-state index is 8.00. The summed E-state index contributed by atoms with van der Waals surface area (Å²) in [7, 11) is 0. The predicted molar refractivity (Wildman–Crippen MR) is 202 cm³/mol. The van der Waals surface area contributed by atoms with Gasteiger partial charge in [-0.15, -0.1) is 0 Å². The summed E-state index contributed by atoms with van der Waals surface area (Å²) in [6.45, 7) is 23.0. The summed E-state index contributed by atoms with van der Waals surface area (Å²) >= 11 is -7.36. The van der Waals surface area contributed by atoms with Crippen molar-refractivity contribution in [2.45, 2.75) is 177 Å².